The number of amides is 2. The number of rotatable bonds is 5. The van der Waals surface area contributed by atoms with Crippen molar-refractivity contribution in [1.82, 2.24) is 5.32 Å². The molecular formula is C18H21BrN2O2. The first-order valence-corrected chi connectivity index (χ1v) is 8.26. The predicted molar refractivity (Wildman–Crippen MR) is 97.3 cm³/mol. The summed E-state index contributed by atoms with van der Waals surface area (Å²) in [6.07, 6.45) is 0. The minimum atomic E-state index is -0.226. The van der Waals surface area contributed by atoms with Crippen molar-refractivity contribution in [2.75, 3.05) is 18.5 Å². The lowest BCUT2D eigenvalue weighted by molar-refractivity contribution is 0.247. The molecule has 0 aliphatic carbocycles. The number of para-hydroxylation sites is 1. The number of urea groups is 1. The van der Waals surface area contributed by atoms with Crippen LogP contribution in [0.5, 0.6) is 5.75 Å². The zero-order chi connectivity index (χ0) is 16.8. The second kappa shape index (κ2) is 8.02. The van der Waals surface area contributed by atoms with Crippen molar-refractivity contribution in [3.05, 3.63) is 57.6 Å². The van der Waals surface area contributed by atoms with Gasteiger partial charge >= 0.3 is 6.03 Å². The summed E-state index contributed by atoms with van der Waals surface area (Å²) in [5.74, 6) is 0.764. The minimum absolute atomic E-state index is 0.226. The molecule has 0 bridgehead atoms. The normalized spacial score (nSPS) is 10.3. The zero-order valence-electron chi connectivity index (χ0n) is 13.6. The van der Waals surface area contributed by atoms with Crippen LogP contribution in [0.2, 0.25) is 0 Å². The van der Waals surface area contributed by atoms with Crippen molar-refractivity contribution in [2.45, 2.75) is 20.8 Å². The first-order chi connectivity index (χ1) is 11.0. The van der Waals surface area contributed by atoms with Crippen LogP contribution >= 0.6 is 15.9 Å². The van der Waals surface area contributed by atoms with Crippen LogP contribution in [0.15, 0.2) is 40.9 Å². The van der Waals surface area contributed by atoms with Crippen molar-refractivity contribution >= 4 is 27.6 Å². The summed E-state index contributed by atoms with van der Waals surface area (Å²) in [6.45, 7) is 6.86. The molecule has 0 unspecified atom stereocenters. The van der Waals surface area contributed by atoms with E-state index in [0.717, 1.165) is 27.0 Å². The molecule has 0 atom stereocenters. The molecule has 0 saturated carbocycles. The van der Waals surface area contributed by atoms with Crippen molar-refractivity contribution in [3.8, 4) is 5.75 Å². The van der Waals surface area contributed by atoms with Gasteiger partial charge in [0.25, 0.3) is 0 Å². The fourth-order valence-electron chi connectivity index (χ4n) is 2.42. The average molecular weight is 377 g/mol. The van der Waals surface area contributed by atoms with Gasteiger partial charge in [-0.15, -0.1) is 0 Å². The molecular weight excluding hydrogens is 356 g/mol. The molecule has 0 heterocycles. The third kappa shape index (κ3) is 4.99. The van der Waals surface area contributed by atoms with Crippen molar-refractivity contribution in [2.24, 2.45) is 0 Å². The van der Waals surface area contributed by atoms with Gasteiger partial charge in [-0.25, -0.2) is 4.79 Å². The topological polar surface area (TPSA) is 50.4 Å². The van der Waals surface area contributed by atoms with Crippen LogP contribution in [-0.2, 0) is 0 Å². The lowest BCUT2D eigenvalue weighted by Crippen LogP contribution is -2.32. The minimum Gasteiger partial charge on any atom is -0.491 e. The summed E-state index contributed by atoms with van der Waals surface area (Å²) in [7, 11) is 0. The Balaban J connectivity index is 1.81. The van der Waals surface area contributed by atoms with Crippen molar-refractivity contribution < 1.29 is 9.53 Å². The molecule has 0 aromatic heterocycles. The first-order valence-electron chi connectivity index (χ1n) is 7.47. The Morgan fingerprint density at radius 3 is 2.43 bits per heavy atom. The number of halogens is 1. The lowest BCUT2D eigenvalue weighted by atomic mass is 10.1. The quantitative estimate of drug-likeness (QED) is 0.750. The smallest absolute Gasteiger partial charge is 0.319 e. The maximum Gasteiger partial charge on any atom is 0.319 e. The molecule has 0 saturated heterocycles. The third-order valence-electron chi connectivity index (χ3n) is 3.40. The maximum absolute atomic E-state index is 12.0. The van der Waals surface area contributed by atoms with E-state index in [-0.39, 0.29) is 6.03 Å². The van der Waals surface area contributed by atoms with E-state index in [2.05, 4.69) is 38.7 Å². The van der Waals surface area contributed by atoms with Gasteiger partial charge in [-0.1, -0.05) is 29.8 Å². The number of carbonyl (C=O) groups is 1. The number of ether oxygens (including phenoxy) is 1. The van der Waals surface area contributed by atoms with Crippen molar-refractivity contribution in [1.29, 1.82) is 0 Å². The van der Waals surface area contributed by atoms with Gasteiger partial charge < -0.3 is 15.4 Å². The number of nitrogens with one attached hydrogen (secondary N) is 2. The van der Waals surface area contributed by atoms with Gasteiger partial charge in [0.1, 0.15) is 12.4 Å². The molecule has 5 heteroatoms. The third-order valence-corrected chi connectivity index (χ3v) is 4.05. The molecule has 0 radical (unpaired) electrons. The van der Waals surface area contributed by atoms with Gasteiger partial charge in [-0.2, -0.15) is 0 Å². The zero-order valence-corrected chi connectivity index (χ0v) is 15.2. The fraction of sp³-hybridized carbons (Fsp3) is 0.278. The molecule has 2 rings (SSSR count). The van der Waals surface area contributed by atoms with E-state index in [1.807, 2.05) is 45.0 Å². The van der Waals surface area contributed by atoms with Gasteiger partial charge in [0, 0.05) is 5.69 Å². The molecule has 122 valence electrons. The second-order valence-electron chi connectivity index (χ2n) is 5.43. The Labute approximate surface area is 145 Å². The summed E-state index contributed by atoms with van der Waals surface area (Å²) in [4.78, 5) is 12.0. The van der Waals surface area contributed by atoms with Crippen molar-refractivity contribution in [3.63, 3.8) is 0 Å². The highest BCUT2D eigenvalue weighted by atomic mass is 79.9. The van der Waals surface area contributed by atoms with E-state index >= 15 is 0 Å². The number of hydrogen-bond donors (Lipinski definition) is 2. The number of aryl methyl sites for hydroxylation is 3. The van der Waals surface area contributed by atoms with Crippen LogP contribution in [0.25, 0.3) is 0 Å². The Hall–Kier alpha value is -2.01. The summed E-state index contributed by atoms with van der Waals surface area (Å²) in [6, 6.07) is 11.5. The molecule has 0 aliphatic rings. The largest absolute Gasteiger partial charge is 0.491 e. The summed E-state index contributed by atoms with van der Waals surface area (Å²) < 4.78 is 6.51. The number of anilines is 1. The number of benzene rings is 2. The first kappa shape index (κ1) is 17.3. The molecule has 2 aromatic rings. The van der Waals surface area contributed by atoms with Gasteiger partial charge in [0.15, 0.2) is 0 Å². The standard InChI is InChI=1S/C18H21BrN2O2/c1-12-10-13(2)17(14(3)11-12)21-18(22)20-8-9-23-16-7-5-4-6-15(16)19/h4-7,10-11H,8-9H2,1-3H3,(H2,20,21,22). The highest BCUT2D eigenvalue weighted by Crippen LogP contribution is 2.23. The molecule has 23 heavy (non-hydrogen) atoms. The van der Waals surface area contributed by atoms with Gasteiger partial charge in [0.05, 0.1) is 11.0 Å². The summed E-state index contributed by atoms with van der Waals surface area (Å²) in [5, 5.41) is 5.70. The molecule has 0 spiro atoms. The molecule has 4 nitrogen and oxygen atoms in total. The Bertz CT molecular complexity index is 678. The lowest BCUT2D eigenvalue weighted by Gasteiger charge is -2.14. The van der Waals surface area contributed by atoms with Crippen LogP contribution in [0.3, 0.4) is 0 Å². The van der Waals surface area contributed by atoms with E-state index in [0.29, 0.717) is 13.2 Å². The highest BCUT2D eigenvalue weighted by Gasteiger charge is 2.08. The fourth-order valence-corrected chi connectivity index (χ4v) is 2.82. The van der Waals surface area contributed by atoms with Crippen LogP contribution in [0.1, 0.15) is 16.7 Å². The molecule has 0 aliphatic heterocycles. The maximum atomic E-state index is 12.0. The Morgan fingerprint density at radius 2 is 1.78 bits per heavy atom. The monoisotopic (exact) mass is 376 g/mol. The van der Waals surface area contributed by atoms with Gasteiger partial charge in [0.2, 0.25) is 0 Å². The van der Waals surface area contributed by atoms with E-state index < -0.39 is 0 Å². The van der Waals surface area contributed by atoms with E-state index in [9.17, 15) is 4.79 Å². The van der Waals surface area contributed by atoms with Crippen LogP contribution in [0.4, 0.5) is 10.5 Å². The van der Waals surface area contributed by atoms with Crippen LogP contribution in [-0.4, -0.2) is 19.2 Å². The van der Waals surface area contributed by atoms with Crippen LogP contribution < -0.4 is 15.4 Å². The van der Waals surface area contributed by atoms with E-state index in [4.69, 9.17) is 4.74 Å². The van der Waals surface area contributed by atoms with Crippen LogP contribution in [0, 0.1) is 20.8 Å². The van der Waals surface area contributed by atoms with E-state index in [1.54, 1.807) is 0 Å². The summed E-state index contributed by atoms with van der Waals surface area (Å²) >= 11 is 3.42. The average Bonchev–Trinajstić information content (AvgIpc) is 2.49. The molecule has 2 N–H and O–H groups in total. The second-order valence-corrected chi connectivity index (χ2v) is 6.29. The Morgan fingerprint density at radius 1 is 1.13 bits per heavy atom. The Kier molecular flexibility index (Phi) is 6.04. The van der Waals surface area contributed by atoms with Gasteiger partial charge in [-0.05, 0) is 60.0 Å². The molecule has 2 aromatic carbocycles. The highest BCUT2D eigenvalue weighted by molar-refractivity contribution is 9.10. The molecule has 0 fully saturated rings. The van der Waals surface area contributed by atoms with E-state index in [1.165, 1.54) is 5.56 Å². The number of carbonyl (C=O) groups excluding carboxylic acids is 1. The SMILES string of the molecule is Cc1cc(C)c(NC(=O)NCCOc2ccccc2Br)c(C)c1. The molecule has 2 amide bonds. The van der Waals surface area contributed by atoms with Gasteiger partial charge in [-0.3, -0.25) is 0 Å². The summed E-state index contributed by atoms with van der Waals surface area (Å²) in [5.41, 5.74) is 4.16. The number of hydrogen-bond acceptors (Lipinski definition) is 2. The predicted octanol–water partition coefficient (Wildman–Crippen LogP) is 4.57.